The van der Waals surface area contributed by atoms with E-state index in [1.807, 2.05) is 0 Å². The standard InChI is InChI=1S/C30H32O12/c1-28-13-19(31)18-12-30(28,29(18,27(37)42-28)15-39-25(36)17-10-6-3-7-11-17)41-26-23(34)22(33)21(32)20(40-26)14-38-24(35)16-8-4-2-5-9-16/h2-11,18-23,26,31-34H,12-15H2,1H3/t18-,19-,20-,21-,22+,23-,26-,28+,29+,30+/m1/s1. The fourth-order valence-corrected chi connectivity index (χ4v) is 6.99. The molecule has 224 valence electrons. The molecule has 42 heavy (non-hydrogen) atoms. The van der Waals surface area contributed by atoms with Crippen LogP contribution in [-0.4, -0.2) is 99.6 Å². The molecule has 5 aliphatic rings. The van der Waals surface area contributed by atoms with E-state index in [1.165, 1.54) is 0 Å². The van der Waals surface area contributed by atoms with Crippen LogP contribution in [0.3, 0.4) is 0 Å². The summed E-state index contributed by atoms with van der Waals surface area (Å²) in [6, 6.07) is 16.3. The van der Waals surface area contributed by atoms with Crippen molar-refractivity contribution < 1.29 is 58.5 Å². The van der Waals surface area contributed by atoms with Crippen LogP contribution in [0, 0.1) is 11.3 Å². The molecule has 0 unspecified atom stereocenters. The number of fused-ring (bicyclic) bond motifs is 1. The minimum Gasteiger partial charge on any atom is -0.461 e. The molecule has 4 bridgehead atoms. The molecule has 0 spiro atoms. The van der Waals surface area contributed by atoms with Gasteiger partial charge in [0.15, 0.2) is 6.29 Å². The van der Waals surface area contributed by atoms with Crippen LogP contribution in [-0.2, 0) is 28.5 Å². The first-order valence-electron chi connectivity index (χ1n) is 13.8. The van der Waals surface area contributed by atoms with E-state index < -0.39 is 90.5 Å². The van der Waals surface area contributed by atoms with Crippen LogP contribution in [0.2, 0.25) is 0 Å². The Kier molecular flexibility index (Phi) is 7.11. The molecule has 10 atom stereocenters. The number of ether oxygens (including phenoxy) is 5. The average Bonchev–Trinajstić information content (AvgIpc) is 3.05. The average molecular weight is 585 g/mol. The lowest BCUT2D eigenvalue weighted by Gasteiger charge is -2.66. The van der Waals surface area contributed by atoms with Gasteiger partial charge in [-0.1, -0.05) is 36.4 Å². The third kappa shape index (κ3) is 4.16. The molecule has 5 fully saturated rings. The molecular weight excluding hydrogens is 552 g/mol. The van der Waals surface area contributed by atoms with Crippen molar-refractivity contribution in [3.8, 4) is 0 Å². The number of rotatable bonds is 8. The second-order valence-electron chi connectivity index (χ2n) is 11.5. The summed E-state index contributed by atoms with van der Waals surface area (Å²) in [5, 5.41) is 43.0. The Labute approximate surface area is 240 Å². The third-order valence-electron chi connectivity index (χ3n) is 9.28. The molecule has 2 heterocycles. The van der Waals surface area contributed by atoms with Crippen LogP contribution in [0.1, 0.15) is 40.5 Å². The van der Waals surface area contributed by atoms with Gasteiger partial charge >= 0.3 is 17.9 Å². The number of hydrogen-bond donors (Lipinski definition) is 4. The predicted molar refractivity (Wildman–Crippen MR) is 140 cm³/mol. The van der Waals surface area contributed by atoms with Gasteiger partial charge in [-0.3, -0.25) is 4.79 Å². The molecule has 3 aliphatic carbocycles. The molecule has 2 saturated heterocycles. The van der Waals surface area contributed by atoms with E-state index >= 15 is 0 Å². The summed E-state index contributed by atoms with van der Waals surface area (Å²) in [6.45, 7) is 0.645. The first kappa shape index (κ1) is 28.7. The molecule has 0 aromatic heterocycles. The second-order valence-corrected chi connectivity index (χ2v) is 11.5. The molecule has 0 radical (unpaired) electrons. The SMILES string of the molecule is C[C@]12C[C@@H](O)[C@H]3C[C@@]1(O[C@H]1O[C@H](COC(=O)c4ccccc4)[C@@H](O)[C@H](O)[C@H]1O)[C@]3(COC(=O)c1ccccc1)C(=O)O2. The molecule has 2 aromatic rings. The van der Waals surface area contributed by atoms with Crippen molar-refractivity contribution in [1.82, 2.24) is 0 Å². The van der Waals surface area contributed by atoms with E-state index in [4.69, 9.17) is 23.7 Å². The maximum Gasteiger partial charge on any atom is 0.338 e. The quantitative estimate of drug-likeness (QED) is 0.248. The fourth-order valence-electron chi connectivity index (χ4n) is 6.99. The number of aliphatic hydroxyl groups excluding tert-OH is 4. The van der Waals surface area contributed by atoms with Gasteiger partial charge in [0.1, 0.15) is 54.2 Å². The lowest BCUT2D eigenvalue weighted by atomic mass is 9.40. The number of carbonyl (C=O) groups is 3. The summed E-state index contributed by atoms with van der Waals surface area (Å²) in [6.07, 6.45) is -8.87. The largest absolute Gasteiger partial charge is 0.461 e. The highest BCUT2D eigenvalue weighted by Gasteiger charge is 2.88. The zero-order valence-corrected chi connectivity index (χ0v) is 22.7. The molecule has 2 aromatic carbocycles. The Morgan fingerprint density at radius 2 is 1.45 bits per heavy atom. The fraction of sp³-hybridized carbons (Fsp3) is 0.500. The first-order valence-corrected chi connectivity index (χ1v) is 13.8. The van der Waals surface area contributed by atoms with Gasteiger partial charge < -0.3 is 44.1 Å². The van der Waals surface area contributed by atoms with Gasteiger partial charge in [-0.05, 0) is 37.6 Å². The zero-order chi connectivity index (χ0) is 29.9. The lowest BCUT2D eigenvalue weighted by molar-refractivity contribution is -0.394. The van der Waals surface area contributed by atoms with Crippen molar-refractivity contribution in [3.63, 3.8) is 0 Å². The van der Waals surface area contributed by atoms with Gasteiger partial charge in [-0.25, -0.2) is 9.59 Å². The van der Waals surface area contributed by atoms with E-state index in [0.29, 0.717) is 0 Å². The smallest absolute Gasteiger partial charge is 0.338 e. The third-order valence-corrected chi connectivity index (χ3v) is 9.28. The highest BCUT2D eigenvalue weighted by Crippen LogP contribution is 2.73. The van der Waals surface area contributed by atoms with E-state index in [1.54, 1.807) is 67.6 Å². The summed E-state index contributed by atoms with van der Waals surface area (Å²) in [4.78, 5) is 38.7. The van der Waals surface area contributed by atoms with Gasteiger partial charge in [-0.2, -0.15) is 0 Å². The number of carbonyl (C=O) groups excluding carboxylic acids is 3. The van der Waals surface area contributed by atoms with E-state index in [9.17, 15) is 34.8 Å². The maximum atomic E-state index is 13.5. The normalized spacial score (nSPS) is 40.0. The Morgan fingerprint density at radius 3 is 2.07 bits per heavy atom. The minimum atomic E-state index is -1.76. The predicted octanol–water partition coefficient (Wildman–Crippen LogP) is 0.350. The van der Waals surface area contributed by atoms with Crippen LogP contribution >= 0.6 is 0 Å². The Hall–Kier alpha value is -3.39. The van der Waals surface area contributed by atoms with E-state index in [2.05, 4.69) is 0 Å². The summed E-state index contributed by atoms with van der Waals surface area (Å²) in [5.74, 6) is -2.77. The monoisotopic (exact) mass is 584 g/mol. The Morgan fingerprint density at radius 1 is 0.857 bits per heavy atom. The topological polar surface area (TPSA) is 178 Å². The van der Waals surface area contributed by atoms with Crippen molar-refractivity contribution >= 4 is 17.9 Å². The van der Waals surface area contributed by atoms with Gasteiger partial charge in [0.25, 0.3) is 0 Å². The van der Waals surface area contributed by atoms with Crippen LogP contribution in [0.4, 0.5) is 0 Å². The van der Waals surface area contributed by atoms with E-state index in [0.717, 1.165) is 0 Å². The van der Waals surface area contributed by atoms with Crippen molar-refractivity contribution in [3.05, 3.63) is 71.8 Å². The summed E-state index contributed by atoms with van der Waals surface area (Å²) in [5.41, 5.74) is -4.00. The molecule has 4 N–H and O–H groups in total. The van der Waals surface area contributed by atoms with Crippen LogP contribution < -0.4 is 0 Å². The molecular formula is C30H32O12. The zero-order valence-electron chi connectivity index (χ0n) is 22.7. The summed E-state index contributed by atoms with van der Waals surface area (Å²) >= 11 is 0. The van der Waals surface area contributed by atoms with Crippen LogP contribution in [0.25, 0.3) is 0 Å². The van der Waals surface area contributed by atoms with Gasteiger partial charge in [0.05, 0.1) is 17.2 Å². The van der Waals surface area contributed by atoms with Crippen molar-refractivity contribution in [2.75, 3.05) is 13.2 Å². The lowest BCUT2D eigenvalue weighted by Crippen LogP contribution is -2.80. The molecule has 12 heteroatoms. The molecule has 0 amide bonds. The summed E-state index contributed by atoms with van der Waals surface area (Å²) in [7, 11) is 0. The summed E-state index contributed by atoms with van der Waals surface area (Å²) < 4.78 is 28.8. The Balaban J connectivity index is 1.24. The first-order chi connectivity index (χ1) is 20.0. The number of aliphatic hydroxyl groups is 4. The second kappa shape index (κ2) is 10.4. The van der Waals surface area contributed by atoms with E-state index in [-0.39, 0.29) is 24.0 Å². The molecule has 12 nitrogen and oxygen atoms in total. The van der Waals surface area contributed by atoms with Crippen LogP contribution in [0.5, 0.6) is 0 Å². The number of benzene rings is 2. The minimum absolute atomic E-state index is 0.0178. The molecule has 2 aliphatic heterocycles. The maximum absolute atomic E-state index is 13.5. The van der Waals surface area contributed by atoms with Gasteiger partial charge in [0, 0.05) is 12.3 Å². The Bertz CT molecular complexity index is 1350. The number of esters is 3. The van der Waals surface area contributed by atoms with Crippen molar-refractivity contribution in [2.24, 2.45) is 11.3 Å². The number of hydrogen-bond acceptors (Lipinski definition) is 12. The van der Waals surface area contributed by atoms with Crippen molar-refractivity contribution in [1.29, 1.82) is 0 Å². The van der Waals surface area contributed by atoms with Crippen molar-refractivity contribution in [2.45, 2.75) is 67.8 Å². The van der Waals surface area contributed by atoms with Gasteiger partial charge in [0.2, 0.25) is 0 Å². The molecule has 7 rings (SSSR count). The highest BCUT2D eigenvalue weighted by atomic mass is 16.7. The molecule has 3 saturated carbocycles. The van der Waals surface area contributed by atoms with Gasteiger partial charge in [-0.15, -0.1) is 0 Å². The van der Waals surface area contributed by atoms with Crippen LogP contribution in [0.15, 0.2) is 60.7 Å². The highest BCUT2D eigenvalue weighted by molar-refractivity contribution is 5.91.